The number of benzene rings is 2. The predicted octanol–water partition coefficient (Wildman–Crippen LogP) is 2.14. The van der Waals surface area contributed by atoms with Crippen LogP contribution in [0.1, 0.15) is 0 Å². The van der Waals surface area contributed by atoms with Gasteiger partial charge in [-0.2, -0.15) is 0 Å². The van der Waals surface area contributed by atoms with Crippen LogP contribution < -0.4 is 10.6 Å². The number of rotatable bonds is 4. The molecule has 6 heteroatoms. The Morgan fingerprint density at radius 3 is 1.56 bits per heavy atom. The van der Waals surface area contributed by atoms with Gasteiger partial charge < -0.3 is 9.79 Å². The van der Waals surface area contributed by atoms with Crippen LogP contribution in [-0.4, -0.2) is 9.79 Å². The van der Waals surface area contributed by atoms with Gasteiger partial charge in [-0.05, 0) is 0 Å². The molecule has 0 saturated carbocycles. The lowest BCUT2D eigenvalue weighted by Crippen LogP contribution is -2.12. The smallest absolute Gasteiger partial charge is 0.302 e. The summed E-state index contributed by atoms with van der Waals surface area (Å²) in [4.78, 5) is 18.0. The summed E-state index contributed by atoms with van der Waals surface area (Å²) in [6.45, 7) is 0. The van der Waals surface area contributed by atoms with Crippen LogP contribution in [0.3, 0.4) is 0 Å². The standard InChI is InChI=1S/C12H12O4P2/c13-18(14,15)16-17(11-7-3-1-4-8-11)12-9-5-2-6-10-12/h1-10H,(H2,13,14,15). The van der Waals surface area contributed by atoms with Crippen LogP contribution in [0.4, 0.5) is 0 Å². The van der Waals surface area contributed by atoms with E-state index in [2.05, 4.69) is 0 Å². The van der Waals surface area contributed by atoms with Crippen LogP contribution in [0, 0.1) is 0 Å². The Morgan fingerprint density at radius 2 is 1.22 bits per heavy atom. The van der Waals surface area contributed by atoms with Crippen LogP contribution in [-0.2, 0) is 8.88 Å². The molecule has 0 unspecified atom stereocenters. The first-order valence-electron chi connectivity index (χ1n) is 5.22. The van der Waals surface area contributed by atoms with E-state index < -0.39 is 16.0 Å². The Hall–Kier alpha value is -1.02. The van der Waals surface area contributed by atoms with E-state index in [0.29, 0.717) is 0 Å². The zero-order valence-corrected chi connectivity index (χ0v) is 11.2. The van der Waals surface area contributed by atoms with Crippen molar-refractivity contribution in [2.45, 2.75) is 0 Å². The Bertz CT molecular complexity index is 499. The third kappa shape index (κ3) is 3.74. The monoisotopic (exact) mass is 282 g/mol. The van der Waals surface area contributed by atoms with Crippen molar-refractivity contribution in [3.63, 3.8) is 0 Å². The largest absolute Gasteiger partial charge is 0.473 e. The molecule has 0 radical (unpaired) electrons. The van der Waals surface area contributed by atoms with Crippen molar-refractivity contribution in [1.29, 1.82) is 0 Å². The molecule has 0 heterocycles. The Morgan fingerprint density at radius 1 is 0.833 bits per heavy atom. The molecule has 0 bridgehead atoms. The Labute approximate surface area is 106 Å². The summed E-state index contributed by atoms with van der Waals surface area (Å²) in [5.41, 5.74) is 0. The minimum Gasteiger partial charge on any atom is -0.302 e. The summed E-state index contributed by atoms with van der Waals surface area (Å²) >= 11 is 0. The van der Waals surface area contributed by atoms with Gasteiger partial charge in [-0.3, -0.25) is 4.31 Å². The minimum absolute atomic E-state index is 0.766. The maximum Gasteiger partial charge on any atom is 0.473 e. The summed E-state index contributed by atoms with van der Waals surface area (Å²) in [6.07, 6.45) is 0. The predicted molar refractivity (Wildman–Crippen MR) is 72.2 cm³/mol. The summed E-state index contributed by atoms with van der Waals surface area (Å²) in [5.74, 6) is 0. The fraction of sp³-hybridized carbons (Fsp3) is 0. The molecule has 2 aromatic rings. The first-order valence-corrected chi connectivity index (χ1v) is 8.01. The molecule has 0 saturated heterocycles. The molecular weight excluding hydrogens is 270 g/mol. The van der Waals surface area contributed by atoms with Crippen LogP contribution >= 0.6 is 16.0 Å². The topological polar surface area (TPSA) is 66.8 Å². The molecule has 2 N–H and O–H groups in total. The zero-order valence-electron chi connectivity index (χ0n) is 9.38. The van der Waals surface area contributed by atoms with Gasteiger partial charge in [0.05, 0.1) is 0 Å². The molecule has 4 nitrogen and oxygen atoms in total. The van der Waals surface area contributed by atoms with E-state index in [-0.39, 0.29) is 0 Å². The Kier molecular flexibility index (Phi) is 4.28. The maximum atomic E-state index is 11.1. The van der Waals surface area contributed by atoms with Crippen molar-refractivity contribution in [1.82, 2.24) is 0 Å². The molecule has 0 aliphatic carbocycles. The minimum atomic E-state index is -4.52. The third-order valence-electron chi connectivity index (χ3n) is 2.17. The number of hydrogen-bond acceptors (Lipinski definition) is 2. The molecular formula is C12H12O4P2. The lowest BCUT2D eigenvalue weighted by atomic mass is 10.4. The number of phosphoric acid groups is 1. The molecule has 0 atom stereocenters. The summed E-state index contributed by atoms with van der Waals surface area (Å²) in [5, 5.41) is 1.53. The lowest BCUT2D eigenvalue weighted by Gasteiger charge is -2.18. The van der Waals surface area contributed by atoms with Gasteiger partial charge in [0, 0.05) is 10.6 Å². The molecule has 2 aromatic carbocycles. The SMILES string of the molecule is O=P(O)(O)OP(c1ccccc1)c1ccccc1. The molecule has 2 rings (SSSR count). The second-order valence-electron chi connectivity index (χ2n) is 3.54. The fourth-order valence-corrected chi connectivity index (χ4v) is 4.27. The normalized spacial score (nSPS) is 11.7. The van der Waals surface area contributed by atoms with Gasteiger partial charge >= 0.3 is 7.82 Å². The van der Waals surface area contributed by atoms with Gasteiger partial charge in [0.1, 0.15) is 8.15 Å². The molecule has 0 fully saturated rings. The fourth-order valence-electron chi connectivity index (χ4n) is 1.48. The van der Waals surface area contributed by atoms with Gasteiger partial charge in [0.25, 0.3) is 0 Å². The van der Waals surface area contributed by atoms with Crippen molar-refractivity contribution < 1.29 is 18.7 Å². The van der Waals surface area contributed by atoms with E-state index in [4.69, 9.17) is 14.1 Å². The van der Waals surface area contributed by atoms with Crippen LogP contribution in [0.5, 0.6) is 0 Å². The summed E-state index contributed by atoms with van der Waals surface area (Å²) in [7, 11) is -6.03. The molecule has 0 aromatic heterocycles. The maximum absolute atomic E-state index is 11.1. The molecule has 0 aliphatic rings. The van der Waals surface area contributed by atoms with Crippen LogP contribution in [0.25, 0.3) is 0 Å². The van der Waals surface area contributed by atoms with Crippen molar-refractivity contribution in [2.24, 2.45) is 0 Å². The van der Waals surface area contributed by atoms with Crippen LogP contribution in [0.15, 0.2) is 60.7 Å². The van der Waals surface area contributed by atoms with Crippen LogP contribution in [0.2, 0.25) is 0 Å². The highest BCUT2D eigenvalue weighted by Crippen LogP contribution is 2.52. The first-order chi connectivity index (χ1) is 8.56. The van der Waals surface area contributed by atoms with Crippen molar-refractivity contribution >= 4 is 26.6 Å². The Balaban J connectivity index is 2.39. The highest BCUT2D eigenvalue weighted by atomic mass is 31.2. The van der Waals surface area contributed by atoms with E-state index in [1.54, 1.807) is 24.3 Å². The third-order valence-corrected chi connectivity index (χ3v) is 5.21. The first kappa shape index (κ1) is 13.4. The molecule has 0 aliphatic heterocycles. The van der Waals surface area contributed by atoms with Gasteiger partial charge in [-0.1, -0.05) is 60.7 Å². The average Bonchev–Trinajstić information content (AvgIpc) is 2.37. The van der Waals surface area contributed by atoms with Crippen molar-refractivity contribution in [3.8, 4) is 0 Å². The summed E-state index contributed by atoms with van der Waals surface area (Å²) in [6, 6.07) is 18.2. The average molecular weight is 282 g/mol. The van der Waals surface area contributed by atoms with E-state index in [1.165, 1.54) is 0 Å². The highest BCUT2D eigenvalue weighted by Gasteiger charge is 2.25. The highest BCUT2D eigenvalue weighted by molar-refractivity contribution is 7.74. The van der Waals surface area contributed by atoms with Crippen molar-refractivity contribution in [2.75, 3.05) is 0 Å². The number of hydrogen-bond donors (Lipinski definition) is 2. The molecule has 0 amide bonds. The van der Waals surface area contributed by atoms with Gasteiger partial charge in [0.15, 0.2) is 0 Å². The molecule has 18 heavy (non-hydrogen) atoms. The second-order valence-corrected chi connectivity index (χ2v) is 6.79. The van der Waals surface area contributed by atoms with E-state index >= 15 is 0 Å². The lowest BCUT2D eigenvalue weighted by molar-refractivity contribution is 0.295. The van der Waals surface area contributed by atoms with Crippen molar-refractivity contribution in [3.05, 3.63) is 60.7 Å². The van der Waals surface area contributed by atoms with E-state index in [0.717, 1.165) is 10.6 Å². The van der Waals surface area contributed by atoms with Gasteiger partial charge in [-0.15, -0.1) is 0 Å². The summed E-state index contributed by atoms with van der Waals surface area (Å²) < 4.78 is 16.0. The van der Waals surface area contributed by atoms with E-state index in [1.807, 2.05) is 36.4 Å². The van der Waals surface area contributed by atoms with Gasteiger partial charge in [-0.25, -0.2) is 4.57 Å². The molecule has 0 spiro atoms. The quantitative estimate of drug-likeness (QED) is 0.843. The van der Waals surface area contributed by atoms with E-state index in [9.17, 15) is 4.57 Å². The zero-order chi connectivity index (χ0) is 13.0. The molecule has 94 valence electrons. The van der Waals surface area contributed by atoms with Gasteiger partial charge in [0.2, 0.25) is 0 Å². The second kappa shape index (κ2) is 5.75.